The normalized spacial score (nSPS) is 11.8. The molecule has 0 radical (unpaired) electrons. The Morgan fingerprint density at radius 3 is 1.64 bits per heavy atom. The molecule has 202 valence electrons. The Morgan fingerprint density at radius 1 is 0.381 bits per heavy atom. The summed E-state index contributed by atoms with van der Waals surface area (Å²) in [5.41, 5.74) is 14.9. The minimum Gasteiger partial charge on any atom is -0.456 e. The van der Waals surface area contributed by atoms with Crippen LogP contribution in [-0.4, -0.2) is 0 Å². The van der Waals surface area contributed by atoms with E-state index in [2.05, 4.69) is 136 Å². The van der Waals surface area contributed by atoms with Crippen LogP contribution in [0, 0.1) is 20.8 Å². The van der Waals surface area contributed by atoms with Gasteiger partial charge < -0.3 is 8.83 Å². The van der Waals surface area contributed by atoms with Gasteiger partial charge in [0.2, 0.25) is 0 Å². The summed E-state index contributed by atoms with van der Waals surface area (Å²) in [4.78, 5) is 0. The van der Waals surface area contributed by atoms with Crippen LogP contribution < -0.4 is 0 Å². The molecule has 6 aromatic carbocycles. The highest BCUT2D eigenvalue weighted by Crippen LogP contribution is 2.36. The van der Waals surface area contributed by atoms with Crippen molar-refractivity contribution in [3.05, 3.63) is 143 Å². The highest BCUT2D eigenvalue weighted by molar-refractivity contribution is 6.07. The highest BCUT2D eigenvalue weighted by Gasteiger charge is 2.12. The van der Waals surface area contributed by atoms with E-state index in [1.807, 2.05) is 0 Å². The summed E-state index contributed by atoms with van der Waals surface area (Å²) in [5, 5.41) is 4.66. The van der Waals surface area contributed by atoms with Crippen LogP contribution in [0.25, 0.3) is 66.1 Å². The van der Waals surface area contributed by atoms with Gasteiger partial charge in [0.25, 0.3) is 0 Å². The molecule has 8 aromatic rings. The highest BCUT2D eigenvalue weighted by atomic mass is 16.3. The summed E-state index contributed by atoms with van der Waals surface area (Å²) in [6.07, 6.45) is 0.852. The molecule has 0 atom stereocenters. The zero-order valence-electron chi connectivity index (χ0n) is 24.0. The lowest BCUT2D eigenvalue weighted by Crippen LogP contribution is -1.91. The molecule has 2 nitrogen and oxygen atoms in total. The molecule has 2 aromatic heterocycles. The summed E-state index contributed by atoms with van der Waals surface area (Å²) in [5.74, 6) is 0. The zero-order valence-corrected chi connectivity index (χ0v) is 24.0. The number of benzene rings is 6. The number of hydrogen-bond acceptors (Lipinski definition) is 2. The van der Waals surface area contributed by atoms with Crippen LogP contribution in [-0.2, 0) is 6.42 Å². The van der Waals surface area contributed by atoms with Gasteiger partial charge in [-0.25, -0.2) is 0 Å². The Balaban J connectivity index is 1.17. The molecule has 2 heterocycles. The van der Waals surface area contributed by atoms with Gasteiger partial charge in [-0.1, -0.05) is 83.4 Å². The summed E-state index contributed by atoms with van der Waals surface area (Å²) >= 11 is 0. The number of fused-ring (bicyclic) bond motifs is 6. The largest absolute Gasteiger partial charge is 0.456 e. The lowest BCUT2D eigenvalue weighted by atomic mass is 9.95. The molecule has 0 bridgehead atoms. The number of hydrogen-bond donors (Lipinski definition) is 0. The maximum Gasteiger partial charge on any atom is 0.135 e. The predicted molar refractivity (Wildman–Crippen MR) is 175 cm³/mol. The van der Waals surface area contributed by atoms with Gasteiger partial charge in [0.05, 0.1) is 0 Å². The van der Waals surface area contributed by atoms with Crippen LogP contribution in [0.1, 0.15) is 27.8 Å². The van der Waals surface area contributed by atoms with E-state index in [-0.39, 0.29) is 0 Å². The van der Waals surface area contributed by atoms with E-state index in [1.54, 1.807) is 0 Å². The van der Waals surface area contributed by atoms with Crippen molar-refractivity contribution in [3.63, 3.8) is 0 Å². The fourth-order valence-corrected chi connectivity index (χ4v) is 6.38. The molecule has 0 amide bonds. The van der Waals surface area contributed by atoms with Gasteiger partial charge in [-0.2, -0.15) is 0 Å². The molecule has 2 heteroatoms. The molecule has 0 aliphatic heterocycles. The van der Waals surface area contributed by atoms with Crippen LogP contribution in [0.2, 0.25) is 0 Å². The molecule has 0 aliphatic carbocycles. The predicted octanol–water partition coefficient (Wildman–Crippen LogP) is 11.3. The molecule has 42 heavy (non-hydrogen) atoms. The summed E-state index contributed by atoms with van der Waals surface area (Å²) in [7, 11) is 0. The Hall–Kier alpha value is -5.08. The molecular formula is C40H30O2. The molecule has 0 saturated carbocycles. The molecule has 0 unspecified atom stereocenters. The first-order chi connectivity index (χ1) is 20.5. The zero-order chi connectivity index (χ0) is 28.4. The van der Waals surface area contributed by atoms with Crippen molar-refractivity contribution in [1.82, 2.24) is 0 Å². The molecule has 0 aliphatic rings. The van der Waals surface area contributed by atoms with Crippen molar-refractivity contribution in [3.8, 4) is 22.3 Å². The molecule has 0 fully saturated rings. The van der Waals surface area contributed by atoms with Crippen molar-refractivity contribution in [2.45, 2.75) is 27.2 Å². The van der Waals surface area contributed by atoms with Crippen LogP contribution in [0.4, 0.5) is 0 Å². The van der Waals surface area contributed by atoms with Crippen LogP contribution >= 0.6 is 0 Å². The van der Waals surface area contributed by atoms with E-state index in [9.17, 15) is 0 Å². The van der Waals surface area contributed by atoms with Crippen molar-refractivity contribution in [1.29, 1.82) is 0 Å². The van der Waals surface area contributed by atoms with Crippen molar-refractivity contribution in [2.75, 3.05) is 0 Å². The standard InChI is InChI=1S/C40H30O2/c1-24-5-4-6-29(16-24)30-9-13-40-36(22-30)34-21-27(8-12-38(34)42-40)19-28-15-26(3)17-32(20-28)31-10-14-39-35(23-31)33-18-25(2)7-11-37(33)41-39/h4-18,20-23H,19H2,1-3H3. The Morgan fingerprint density at radius 2 is 0.929 bits per heavy atom. The average Bonchev–Trinajstić information content (AvgIpc) is 3.53. The second-order valence-electron chi connectivity index (χ2n) is 11.7. The monoisotopic (exact) mass is 542 g/mol. The minimum atomic E-state index is 0.852. The third-order valence-electron chi connectivity index (χ3n) is 8.39. The second-order valence-corrected chi connectivity index (χ2v) is 11.7. The van der Waals surface area contributed by atoms with Crippen LogP contribution in [0.5, 0.6) is 0 Å². The minimum absolute atomic E-state index is 0.852. The summed E-state index contributed by atoms with van der Waals surface area (Å²) in [6.45, 7) is 6.44. The fraction of sp³-hybridized carbons (Fsp3) is 0.100. The van der Waals surface area contributed by atoms with E-state index in [0.29, 0.717) is 0 Å². The first-order valence-electron chi connectivity index (χ1n) is 14.5. The third kappa shape index (κ3) is 4.28. The quantitative estimate of drug-likeness (QED) is 0.221. The smallest absolute Gasteiger partial charge is 0.135 e. The maximum atomic E-state index is 6.23. The molecule has 8 rings (SSSR count). The Bertz CT molecular complexity index is 2310. The van der Waals surface area contributed by atoms with E-state index < -0.39 is 0 Å². The first-order valence-corrected chi connectivity index (χ1v) is 14.5. The second kappa shape index (κ2) is 9.49. The lowest BCUT2D eigenvalue weighted by molar-refractivity contribution is 0.668. The Labute approximate surface area is 244 Å². The van der Waals surface area contributed by atoms with E-state index in [1.165, 1.54) is 55.5 Å². The molecular weight excluding hydrogens is 512 g/mol. The van der Waals surface area contributed by atoms with Gasteiger partial charge in [-0.05, 0) is 109 Å². The SMILES string of the molecule is Cc1cccc(-c2ccc3oc4ccc(Cc5cc(C)cc(-c6ccc7oc8ccc(C)cc8c7c6)c5)cc4c3c2)c1. The van der Waals surface area contributed by atoms with Gasteiger partial charge in [0.1, 0.15) is 22.3 Å². The number of furan rings is 2. The summed E-state index contributed by atoms with van der Waals surface area (Å²) in [6, 6.07) is 41.6. The van der Waals surface area contributed by atoms with Gasteiger partial charge in [-0.15, -0.1) is 0 Å². The van der Waals surface area contributed by atoms with Gasteiger partial charge in [0.15, 0.2) is 0 Å². The average molecular weight is 543 g/mol. The van der Waals surface area contributed by atoms with Crippen molar-refractivity contribution >= 4 is 43.9 Å². The van der Waals surface area contributed by atoms with Crippen molar-refractivity contribution in [2.24, 2.45) is 0 Å². The molecule has 0 N–H and O–H groups in total. The molecule has 0 saturated heterocycles. The lowest BCUT2D eigenvalue weighted by Gasteiger charge is -2.09. The van der Waals surface area contributed by atoms with Gasteiger partial charge in [0, 0.05) is 21.5 Å². The van der Waals surface area contributed by atoms with Gasteiger partial charge in [-0.3, -0.25) is 0 Å². The van der Waals surface area contributed by atoms with E-state index in [4.69, 9.17) is 8.83 Å². The van der Waals surface area contributed by atoms with Crippen molar-refractivity contribution < 1.29 is 8.83 Å². The fourth-order valence-electron chi connectivity index (χ4n) is 6.38. The van der Waals surface area contributed by atoms with E-state index >= 15 is 0 Å². The molecule has 0 spiro atoms. The number of aryl methyl sites for hydroxylation is 3. The topological polar surface area (TPSA) is 26.3 Å². The van der Waals surface area contributed by atoms with Crippen LogP contribution in [0.15, 0.2) is 124 Å². The third-order valence-corrected chi connectivity index (χ3v) is 8.39. The first kappa shape index (κ1) is 24.7. The summed E-state index contributed by atoms with van der Waals surface area (Å²) < 4.78 is 12.3. The van der Waals surface area contributed by atoms with Crippen LogP contribution in [0.3, 0.4) is 0 Å². The number of rotatable bonds is 4. The maximum absolute atomic E-state index is 6.23. The van der Waals surface area contributed by atoms with E-state index in [0.717, 1.165) is 44.9 Å². The Kier molecular flexibility index (Phi) is 5.58. The van der Waals surface area contributed by atoms with Gasteiger partial charge >= 0.3 is 0 Å².